The highest BCUT2D eigenvalue weighted by Crippen LogP contribution is 2.28. The summed E-state index contributed by atoms with van der Waals surface area (Å²) in [7, 11) is -1.08. The molecule has 0 saturated carbocycles. The molecule has 0 fully saturated rings. The summed E-state index contributed by atoms with van der Waals surface area (Å²) < 4.78 is 17.6. The third-order valence-electron chi connectivity index (χ3n) is 4.59. The molecule has 1 N–H and O–H groups in total. The Kier molecular flexibility index (Phi) is 5.08. The molecule has 5 heteroatoms. The molecule has 2 atom stereocenters. The van der Waals surface area contributed by atoms with Crippen molar-refractivity contribution in [2.24, 2.45) is 0 Å². The van der Waals surface area contributed by atoms with E-state index < -0.39 is 16.8 Å². The molecule has 0 aliphatic heterocycles. The van der Waals surface area contributed by atoms with E-state index in [-0.39, 0.29) is 5.91 Å². The van der Waals surface area contributed by atoms with Crippen molar-refractivity contribution in [2.45, 2.75) is 10.9 Å². The van der Waals surface area contributed by atoms with Crippen LogP contribution >= 0.6 is 0 Å². The highest BCUT2D eigenvalue weighted by atomic mass is 32.2. The molecule has 0 bridgehead atoms. The number of benzene rings is 3. The molecule has 0 unspecified atom stereocenters. The lowest BCUT2D eigenvalue weighted by Crippen LogP contribution is -2.29. The van der Waals surface area contributed by atoms with Gasteiger partial charge in [0.2, 0.25) is 0 Å². The van der Waals surface area contributed by atoms with E-state index in [0.29, 0.717) is 16.2 Å². The summed E-state index contributed by atoms with van der Waals surface area (Å²) in [6.45, 7) is 0. The summed E-state index contributed by atoms with van der Waals surface area (Å²) in [5.41, 5.74) is 2.22. The van der Waals surface area contributed by atoms with Gasteiger partial charge in [-0.15, -0.1) is 0 Å². The predicted octanol–water partition coefficient (Wildman–Crippen LogP) is 4.69. The van der Waals surface area contributed by atoms with E-state index in [0.717, 1.165) is 16.5 Å². The highest BCUT2D eigenvalue weighted by Gasteiger charge is 2.21. The Labute approximate surface area is 165 Å². The lowest BCUT2D eigenvalue weighted by Gasteiger charge is -2.17. The number of para-hydroxylation sites is 1. The molecule has 4 nitrogen and oxygen atoms in total. The quantitative estimate of drug-likeness (QED) is 0.539. The molecule has 28 heavy (non-hydrogen) atoms. The normalized spacial score (nSPS) is 13.2. The zero-order valence-corrected chi connectivity index (χ0v) is 16.1. The molecule has 4 aromatic rings. The van der Waals surface area contributed by atoms with Crippen molar-refractivity contribution in [3.8, 4) is 0 Å². The van der Waals surface area contributed by atoms with Gasteiger partial charge in [-0.1, -0.05) is 48.5 Å². The predicted molar refractivity (Wildman–Crippen MR) is 111 cm³/mol. The molecular formula is C23H19NO3S. The first-order chi connectivity index (χ1) is 13.6. The van der Waals surface area contributed by atoms with E-state index in [2.05, 4.69) is 5.32 Å². The molecule has 1 aromatic heterocycles. The average Bonchev–Trinajstić information content (AvgIpc) is 3.16. The molecule has 0 saturated heterocycles. The van der Waals surface area contributed by atoms with Crippen LogP contribution < -0.4 is 5.32 Å². The monoisotopic (exact) mass is 389 g/mol. The number of hydrogen-bond acceptors (Lipinski definition) is 3. The van der Waals surface area contributed by atoms with E-state index in [4.69, 9.17) is 4.42 Å². The van der Waals surface area contributed by atoms with Gasteiger partial charge in [0.25, 0.3) is 5.91 Å². The Morgan fingerprint density at radius 1 is 0.929 bits per heavy atom. The fraction of sp³-hybridized carbons (Fsp3) is 0.0870. The minimum Gasteiger partial charge on any atom is -0.459 e. The van der Waals surface area contributed by atoms with Gasteiger partial charge in [-0.2, -0.15) is 0 Å². The van der Waals surface area contributed by atoms with Crippen LogP contribution in [0.15, 0.2) is 94.2 Å². The van der Waals surface area contributed by atoms with Crippen LogP contribution in [0.1, 0.15) is 27.7 Å². The van der Waals surface area contributed by atoms with Gasteiger partial charge < -0.3 is 9.73 Å². The Hall–Kier alpha value is -3.18. The topological polar surface area (TPSA) is 59.3 Å². The summed E-state index contributed by atoms with van der Waals surface area (Å²) in [5, 5.41) is 4.06. The Balaban J connectivity index is 1.67. The number of fused-ring (bicyclic) bond motifs is 1. The second kappa shape index (κ2) is 7.82. The van der Waals surface area contributed by atoms with Crippen LogP contribution in [0.25, 0.3) is 11.0 Å². The van der Waals surface area contributed by atoms with Gasteiger partial charge in [0.1, 0.15) is 17.4 Å². The number of nitrogens with one attached hydrogen (secondary N) is 1. The van der Waals surface area contributed by atoms with Crippen LogP contribution in [-0.4, -0.2) is 16.4 Å². The van der Waals surface area contributed by atoms with Crippen molar-refractivity contribution in [2.75, 3.05) is 6.26 Å². The molecule has 0 aliphatic rings. The zero-order chi connectivity index (χ0) is 19.5. The molecule has 140 valence electrons. The molecule has 0 radical (unpaired) electrons. The number of carbonyl (C=O) groups is 1. The van der Waals surface area contributed by atoms with Crippen molar-refractivity contribution < 1.29 is 13.4 Å². The van der Waals surface area contributed by atoms with Crippen LogP contribution in [-0.2, 0) is 10.8 Å². The summed E-state index contributed by atoms with van der Waals surface area (Å²) in [4.78, 5) is 13.6. The minimum absolute atomic E-state index is 0.220. The molecule has 4 rings (SSSR count). The van der Waals surface area contributed by atoms with E-state index in [1.54, 1.807) is 30.5 Å². The molecular weight excluding hydrogens is 370 g/mol. The smallest absolute Gasteiger partial charge is 0.252 e. The Bertz CT molecular complexity index is 1100. The van der Waals surface area contributed by atoms with Gasteiger partial charge in [0.05, 0.1) is 0 Å². The van der Waals surface area contributed by atoms with Crippen LogP contribution in [0.4, 0.5) is 0 Å². The second-order valence-corrected chi connectivity index (χ2v) is 7.86. The van der Waals surface area contributed by atoms with Gasteiger partial charge in [0, 0.05) is 32.9 Å². The molecule has 1 amide bonds. The van der Waals surface area contributed by atoms with Crippen LogP contribution in [0.3, 0.4) is 0 Å². The maximum Gasteiger partial charge on any atom is 0.252 e. The first kappa shape index (κ1) is 18.2. The van der Waals surface area contributed by atoms with Gasteiger partial charge in [0.15, 0.2) is 0 Å². The largest absolute Gasteiger partial charge is 0.459 e. The van der Waals surface area contributed by atoms with Gasteiger partial charge >= 0.3 is 0 Å². The van der Waals surface area contributed by atoms with Crippen molar-refractivity contribution in [3.63, 3.8) is 0 Å². The van der Waals surface area contributed by atoms with Crippen LogP contribution in [0, 0.1) is 0 Å². The summed E-state index contributed by atoms with van der Waals surface area (Å²) in [6.07, 6.45) is 1.61. The fourth-order valence-electron chi connectivity index (χ4n) is 3.12. The van der Waals surface area contributed by atoms with Crippen molar-refractivity contribution in [1.82, 2.24) is 5.32 Å². The van der Waals surface area contributed by atoms with Gasteiger partial charge in [-0.3, -0.25) is 9.00 Å². The molecule has 1 heterocycles. The Morgan fingerprint density at radius 2 is 1.61 bits per heavy atom. The molecule has 3 aromatic carbocycles. The summed E-state index contributed by atoms with van der Waals surface area (Å²) in [5.74, 6) is 0.453. The maximum absolute atomic E-state index is 12.9. The first-order valence-corrected chi connectivity index (χ1v) is 10.5. The van der Waals surface area contributed by atoms with Crippen molar-refractivity contribution in [3.05, 3.63) is 102 Å². The summed E-state index contributed by atoms with van der Waals surface area (Å²) in [6, 6.07) is 25.8. The highest BCUT2D eigenvalue weighted by molar-refractivity contribution is 7.84. The van der Waals surface area contributed by atoms with E-state index in [1.165, 1.54) is 0 Å². The number of furan rings is 1. The standard InChI is InChI=1S/C23H19NO3S/c1-28(26)19-13-11-17(12-14-19)23(25)24-22(16-7-3-2-4-8-16)21-15-18-9-5-6-10-20(18)27-21/h2-15,22H,1H3,(H,24,25)/t22-,28+/m0/s1. The number of hydrogen-bond donors (Lipinski definition) is 1. The number of amides is 1. The Morgan fingerprint density at radius 3 is 2.29 bits per heavy atom. The zero-order valence-electron chi connectivity index (χ0n) is 15.3. The summed E-state index contributed by atoms with van der Waals surface area (Å²) >= 11 is 0. The van der Waals surface area contributed by atoms with Crippen LogP contribution in [0.2, 0.25) is 0 Å². The average molecular weight is 389 g/mol. The molecule has 0 aliphatic carbocycles. The third kappa shape index (κ3) is 3.75. The maximum atomic E-state index is 12.9. The lowest BCUT2D eigenvalue weighted by molar-refractivity contribution is 0.0939. The number of rotatable bonds is 5. The van der Waals surface area contributed by atoms with Crippen molar-refractivity contribution in [1.29, 1.82) is 0 Å². The SMILES string of the molecule is C[S@@](=O)c1ccc(C(=O)N[C@@H](c2ccccc2)c2cc3ccccc3o2)cc1. The third-order valence-corrected chi connectivity index (χ3v) is 5.52. The van der Waals surface area contributed by atoms with Gasteiger partial charge in [-0.05, 0) is 42.0 Å². The van der Waals surface area contributed by atoms with Gasteiger partial charge in [-0.25, -0.2) is 0 Å². The van der Waals surface area contributed by atoms with E-state index in [1.807, 2.05) is 60.7 Å². The van der Waals surface area contributed by atoms with Crippen LogP contribution in [0.5, 0.6) is 0 Å². The number of carbonyl (C=O) groups excluding carboxylic acids is 1. The molecule has 0 spiro atoms. The lowest BCUT2D eigenvalue weighted by atomic mass is 10.0. The fourth-order valence-corrected chi connectivity index (χ4v) is 3.64. The van der Waals surface area contributed by atoms with E-state index >= 15 is 0 Å². The van der Waals surface area contributed by atoms with Crippen molar-refractivity contribution >= 4 is 27.7 Å². The second-order valence-electron chi connectivity index (χ2n) is 6.48. The first-order valence-electron chi connectivity index (χ1n) is 8.89. The van der Waals surface area contributed by atoms with E-state index in [9.17, 15) is 9.00 Å². The minimum atomic E-state index is -1.08.